The van der Waals surface area contributed by atoms with Crippen molar-refractivity contribution in [2.24, 2.45) is 50.7 Å². The second-order valence-corrected chi connectivity index (χ2v) is 20.0. The molecule has 0 unspecified atom stereocenters. The third kappa shape index (κ3) is 6.21. The molecule has 7 rings (SSSR count). The molecule has 14 nitrogen and oxygen atoms in total. The van der Waals surface area contributed by atoms with Crippen LogP contribution in [0.1, 0.15) is 106 Å². The number of allylic oxidation sites excluding steroid dienone is 1. The number of hydrogen-bond acceptors (Lipinski definition) is 13. The molecule has 7 aliphatic rings. The summed E-state index contributed by atoms with van der Waals surface area (Å²) in [6.07, 6.45) is -4.68. The highest BCUT2D eigenvalue weighted by atomic mass is 16.7. The van der Waals surface area contributed by atoms with Crippen LogP contribution in [0, 0.1) is 50.7 Å². The summed E-state index contributed by atoms with van der Waals surface area (Å²) in [5.41, 5.74) is -0.119. The van der Waals surface area contributed by atoms with E-state index in [1.807, 2.05) is 6.08 Å². The summed E-state index contributed by atoms with van der Waals surface area (Å²) < 4.78 is 23.8. The zero-order valence-corrected chi connectivity index (χ0v) is 33.9. The molecule has 0 bridgehead atoms. The van der Waals surface area contributed by atoms with E-state index in [0.717, 1.165) is 51.4 Å². The van der Waals surface area contributed by atoms with Crippen molar-refractivity contribution in [2.75, 3.05) is 13.2 Å². The number of aliphatic hydroxyl groups excluding tert-OH is 8. The van der Waals surface area contributed by atoms with E-state index in [-0.39, 0.29) is 33.2 Å². The molecule has 14 heteroatoms. The Morgan fingerprint density at radius 1 is 0.786 bits per heavy atom. The Bertz CT molecular complexity index is 1490. The smallest absolute Gasteiger partial charge is 0.330 e. The fourth-order valence-electron chi connectivity index (χ4n) is 14.3. The predicted octanol–water partition coefficient (Wildman–Crippen LogP) is 1.85. The molecule has 2 aliphatic heterocycles. The van der Waals surface area contributed by atoms with Gasteiger partial charge < -0.3 is 64.9 Å². The predicted molar refractivity (Wildman–Crippen MR) is 199 cm³/mol. The Hall–Kier alpha value is -1.27. The van der Waals surface area contributed by atoms with Gasteiger partial charge in [-0.15, -0.1) is 0 Å². The van der Waals surface area contributed by atoms with Gasteiger partial charge in [0.15, 0.2) is 12.6 Å². The summed E-state index contributed by atoms with van der Waals surface area (Å²) >= 11 is 0. The molecule has 320 valence electrons. The van der Waals surface area contributed by atoms with Gasteiger partial charge in [0.05, 0.1) is 25.4 Å². The van der Waals surface area contributed by atoms with Gasteiger partial charge in [-0.25, -0.2) is 4.79 Å². The fraction of sp³-hybridized carbons (Fsp3) is 0.929. The first kappa shape index (κ1) is 42.8. The average molecular weight is 797 g/mol. The molecule has 56 heavy (non-hydrogen) atoms. The van der Waals surface area contributed by atoms with E-state index in [4.69, 9.17) is 18.9 Å². The van der Waals surface area contributed by atoms with E-state index >= 15 is 0 Å². The van der Waals surface area contributed by atoms with E-state index in [1.165, 1.54) is 0 Å². The van der Waals surface area contributed by atoms with E-state index < -0.39 is 86.7 Å². The minimum absolute atomic E-state index is 0.0217. The maximum absolute atomic E-state index is 12.3. The summed E-state index contributed by atoms with van der Waals surface area (Å²) in [7, 11) is 0. The fourth-order valence-corrected chi connectivity index (χ4v) is 14.3. The van der Waals surface area contributed by atoms with Crippen LogP contribution < -0.4 is 0 Å². The molecule has 0 aromatic rings. The molecule has 0 aromatic heterocycles. The first-order valence-corrected chi connectivity index (χ1v) is 21.1. The van der Waals surface area contributed by atoms with Gasteiger partial charge in [0.25, 0.3) is 0 Å². The number of rotatable bonds is 11. The number of ether oxygens (including phenoxy) is 4. The Morgan fingerprint density at radius 2 is 1.41 bits per heavy atom. The van der Waals surface area contributed by atoms with Gasteiger partial charge in [-0.3, -0.25) is 0 Å². The molecule has 2 heterocycles. The van der Waals surface area contributed by atoms with Crippen molar-refractivity contribution in [1.29, 1.82) is 0 Å². The van der Waals surface area contributed by atoms with Gasteiger partial charge in [-0.2, -0.15) is 0 Å². The summed E-state index contributed by atoms with van der Waals surface area (Å²) in [6.45, 7) is 11.9. The number of carboxylic acid groups (broad SMARTS) is 1. The van der Waals surface area contributed by atoms with E-state index in [0.29, 0.717) is 42.1 Å². The normalized spacial score (nSPS) is 53.0. The lowest BCUT2D eigenvalue weighted by Crippen LogP contribution is -2.65. The minimum Gasteiger partial charge on any atom is -0.478 e. The first-order valence-electron chi connectivity index (χ1n) is 21.1. The summed E-state index contributed by atoms with van der Waals surface area (Å²) in [4.78, 5) is 11.4. The average Bonchev–Trinajstić information content (AvgIpc) is 3.72. The van der Waals surface area contributed by atoms with Crippen LogP contribution in [0.15, 0.2) is 11.6 Å². The van der Waals surface area contributed by atoms with Crippen molar-refractivity contribution in [1.82, 2.24) is 0 Å². The van der Waals surface area contributed by atoms with Crippen LogP contribution in [0.4, 0.5) is 0 Å². The van der Waals surface area contributed by atoms with E-state index in [2.05, 4.69) is 34.6 Å². The van der Waals surface area contributed by atoms with Gasteiger partial charge in [0.1, 0.15) is 48.8 Å². The summed E-state index contributed by atoms with van der Waals surface area (Å²) in [5.74, 6) is 0.619. The van der Waals surface area contributed by atoms with Crippen molar-refractivity contribution in [3.05, 3.63) is 11.6 Å². The molecular formula is C42H68O14. The molecule has 5 aliphatic carbocycles. The van der Waals surface area contributed by atoms with Gasteiger partial charge in [0.2, 0.25) is 0 Å². The second kappa shape index (κ2) is 15.0. The second-order valence-electron chi connectivity index (χ2n) is 20.0. The lowest BCUT2D eigenvalue weighted by atomic mass is 9.41. The first-order chi connectivity index (χ1) is 26.2. The van der Waals surface area contributed by atoms with Gasteiger partial charge >= 0.3 is 5.97 Å². The third-order valence-corrected chi connectivity index (χ3v) is 17.5. The van der Waals surface area contributed by atoms with E-state index in [1.54, 1.807) is 6.92 Å². The maximum Gasteiger partial charge on any atom is 0.330 e. The molecule has 2 spiro atoms. The van der Waals surface area contributed by atoms with Crippen molar-refractivity contribution in [3.63, 3.8) is 0 Å². The number of fused-ring (bicyclic) bond motifs is 2. The highest BCUT2D eigenvalue weighted by molar-refractivity contribution is 5.85. The highest BCUT2D eigenvalue weighted by Crippen LogP contribution is 2.89. The number of aliphatic carboxylic acids is 1. The molecule has 0 aromatic carbocycles. The third-order valence-electron chi connectivity index (χ3n) is 17.5. The molecule has 0 radical (unpaired) electrons. The van der Waals surface area contributed by atoms with Gasteiger partial charge in [-0.05, 0) is 116 Å². The minimum atomic E-state index is -1.74. The van der Waals surface area contributed by atoms with Gasteiger partial charge in [-0.1, -0.05) is 40.7 Å². The van der Waals surface area contributed by atoms with Crippen LogP contribution in [-0.4, -0.2) is 139 Å². The maximum atomic E-state index is 12.3. The Labute approximate surface area is 330 Å². The molecule has 2 saturated heterocycles. The number of carboxylic acids is 1. The van der Waals surface area contributed by atoms with Crippen molar-refractivity contribution in [2.45, 2.75) is 179 Å². The molecule has 7 fully saturated rings. The van der Waals surface area contributed by atoms with Crippen molar-refractivity contribution >= 4 is 5.97 Å². The highest BCUT2D eigenvalue weighted by Gasteiger charge is 2.83. The van der Waals surface area contributed by atoms with Crippen LogP contribution in [0.5, 0.6) is 0 Å². The Kier molecular flexibility index (Phi) is 11.5. The lowest BCUT2D eigenvalue weighted by molar-refractivity contribution is -0.367. The van der Waals surface area contributed by atoms with Crippen LogP contribution in [-0.2, 0) is 23.7 Å². The number of hydrogen-bond donors (Lipinski definition) is 9. The molecule has 0 amide bonds. The van der Waals surface area contributed by atoms with Crippen LogP contribution >= 0.6 is 0 Å². The standard InChI is InChI=1S/C42H68O14/c1-20(8-7-9-21(2)35(51)52)22-12-14-39(5)26-11-10-25-38(3,4)28(13-15-41(25)19-42(26,41)16-27(45)40(22,39)6)55-36-33(50)31(48)34(24(18-44)54-36)56-37-32(49)30(47)29(46)23(17-43)53-37/h9,20,22-34,36-37,43-50H,7-8,10-19H2,1-6H3,(H,51,52)/b21-9+/t20-,22-,23-,24+,25-,26+,27+,28+,29-,30-,31+,32-,33+,34+,36+,37-,39+,40+,41-,42+/m1/s1. The summed E-state index contributed by atoms with van der Waals surface area (Å²) in [5, 5.41) is 95.0. The molecule has 5 saturated carbocycles. The van der Waals surface area contributed by atoms with Gasteiger partial charge in [0, 0.05) is 11.0 Å². The van der Waals surface area contributed by atoms with Crippen LogP contribution in [0.2, 0.25) is 0 Å². The number of aliphatic hydroxyl groups is 8. The monoisotopic (exact) mass is 796 g/mol. The van der Waals surface area contributed by atoms with Crippen LogP contribution in [0.25, 0.3) is 0 Å². The quantitative estimate of drug-likeness (QED) is 0.107. The van der Waals surface area contributed by atoms with Crippen molar-refractivity contribution in [3.8, 4) is 0 Å². The van der Waals surface area contributed by atoms with Crippen molar-refractivity contribution < 1.29 is 69.7 Å². The summed E-state index contributed by atoms with van der Waals surface area (Å²) in [6, 6.07) is 0. The zero-order chi connectivity index (χ0) is 40.9. The molecule has 9 N–H and O–H groups in total. The Balaban J connectivity index is 1.03. The Morgan fingerprint density at radius 3 is 2.07 bits per heavy atom. The number of carbonyl (C=O) groups is 1. The zero-order valence-electron chi connectivity index (χ0n) is 33.9. The van der Waals surface area contributed by atoms with Crippen LogP contribution in [0.3, 0.4) is 0 Å². The topological polar surface area (TPSA) is 236 Å². The molecule has 20 atom stereocenters. The van der Waals surface area contributed by atoms with E-state index in [9.17, 15) is 50.8 Å². The lowest BCUT2D eigenvalue weighted by Gasteiger charge is -2.65. The molecular weight excluding hydrogens is 728 g/mol. The largest absolute Gasteiger partial charge is 0.478 e. The SMILES string of the molecule is C/C(=C\CC[C@@H](C)[C@H]1CC[C@@]2(C)[C@@H]3CC[C@@H]4C(C)(C)[C@@H](O[C@@H]5O[C@@H](CO)[C@H](O[C@H]6O[C@H](CO)[C@@H](O)[C@@H](O)[C@H]6O)[C@@H](O)[C@@H]5O)CC[C@@]45C[C@@]35C[C@H](O)[C@]12C)C(=O)O.